The summed E-state index contributed by atoms with van der Waals surface area (Å²) in [6.07, 6.45) is 5.26. The van der Waals surface area contributed by atoms with Crippen molar-refractivity contribution in [3.8, 4) is 11.3 Å². The van der Waals surface area contributed by atoms with Crippen molar-refractivity contribution in [2.24, 2.45) is 0 Å². The van der Waals surface area contributed by atoms with E-state index in [4.69, 9.17) is 14.5 Å². The van der Waals surface area contributed by atoms with Gasteiger partial charge in [0.1, 0.15) is 17.1 Å². The highest BCUT2D eigenvalue weighted by atomic mass is 16.6. The molecule has 0 bridgehead atoms. The second-order valence-electron chi connectivity index (χ2n) is 16.0. The number of unbranched alkanes of at least 4 members (excludes halogenated alkanes) is 1. The largest absolute Gasteiger partial charge is 0.444 e. The molecule has 3 aliphatic rings. The molecule has 7 heteroatoms. The predicted octanol–water partition coefficient (Wildman–Crippen LogP) is 7.76. The Morgan fingerprint density at radius 2 is 1.61 bits per heavy atom. The van der Waals surface area contributed by atoms with Gasteiger partial charge in [0.2, 0.25) is 0 Å². The summed E-state index contributed by atoms with van der Waals surface area (Å²) in [6.45, 7) is 24.9. The first-order valence-corrected chi connectivity index (χ1v) is 16.8. The summed E-state index contributed by atoms with van der Waals surface area (Å²) >= 11 is 0. The predicted molar refractivity (Wildman–Crippen MR) is 179 cm³/mol. The molecule has 1 amide bonds. The molecule has 5 rings (SSSR count). The Morgan fingerprint density at radius 3 is 2.30 bits per heavy atom. The van der Waals surface area contributed by atoms with Crippen LogP contribution in [0.1, 0.15) is 106 Å². The zero-order valence-electron chi connectivity index (χ0n) is 28.8. The first kappa shape index (κ1) is 32.7. The molecule has 2 saturated heterocycles. The molecule has 0 radical (unpaired) electrons. The number of nitrogens with zero attached hydrogens (tertiary/aromatic N) is 4. The van der Waals surface area contributed by atoms with Crippen molar-refractivity contribution in [3.63, 3.8) is 0 Å². The number of anilines is 1. The molecule has 2 fully saturated rings. The van der Waals surface area contributed by atoms with E-state index in [1.54, 1.807) is 0 Å². The van der Waals surface area contributed by atoms with Crippen LogP contribution in [-0.2, 0) is 20.3 Å². The third-order valence-electron chi connectivity index (χ3n) is 10.0. The van der Waals surface area contributed by atoms with E-state index in [1.807, 2.05) is 39.5 Å². The molecule has 2 aliphatic heterocycles. The van der Waals surface area contributed by atoms with Crippen molar-refractivity contribution in [3.05, 3.63) is 47.5 Å². The van der Waals surface area contributed by atoms with Gasteiger partial charge in [-0.15, -0.1) is 0 Å². The minimum Gasteiger partial charge on any atom is -0.444 e. The third-order valence-corrected chi connectivity index (χ3v) is 10.0. The van der Waals surface area contributed by atoms with Crippen molar-refractivity contribution >= 4 is 11.9 Å². The van der Waals surface area contributed by atoms with Gasteiger partial charge in [0.05, 0.1) is 18.3 Å². The Kier molecular flexibility index (Phi) is 9.14. The number of ether oxygens (including phenoxy) is 2. The van der Waals surface area contributed by atoms with E-state index in [0.29, 0.717) is 6.61 Å². The molecule has 1 aromatic heterocycles. The van der Waals surface area contributed by atoms with Gasteiger partial charge in [-0.3, -0.25) is 9.80 Å². The van der Waals surface area contributed by atoms with Crippen LogP contribution in [0, 0.1) is 0 Å². The fourth-order valence-electron chi connectivity index (χ4n) is 7.20. The number of carbonyl (C=O) groups is 1. The minimum atomic E-state index is -0.637. The summed E-state index contributed by atoms with van der Waals surface area (Å²) in [6, 6.07) is 13.6. The molecular weight excluding hydrogens is 548 g/mol. The molecule has 2 aromatic rings. The van der Waals surface area contributed by atoms with Crippen LogP contribution in [0.5, 0.6) is 0 Å². The van der Waals surface area contributed by atoms with Crippen LogP contribution < -0.4 is 4.90 Å². The average Bonchev–Trinajstić information content (AvgIpc) is 3.27. The van der Waals surface area contributed by atoms with Gasteiger partial charge in [-0.05, 0) is 107 Å². The van der Waals surface area contributed by atoms with Gasteiger partial charge in [-0.25, -0.2) is 9.78 Å². The second kappa shape index (κ2) is 12.3. The molecule has 0 unspecified atom stereocenters. The lowest BCUT2D eigenvalue weighted by Crippen LogP contribution is -2.49. The Balaban J connectivity index is 1.13. The van der Waals surface area contributed by atoms with Crippen LogP contribution in [0.2, 0.25) is 0 Å². The third kappa shape index (κ3) is 7.25. The fraction of sp³-hybridized carbons (Fsp3) is 0.676. The van der Waals surface area contributed by atoms with Crippen molar-refractivity contribution in [2.45, 2.75) is 123 Å². The van der Waals surface area contributed by atoms with Crippen LogP contribution in [0.3, 0.4) is 0 Å². The van der Waals surface area contributed by atoms with E-state index in [9.17, 15) is 4.79 Å². The molecule has 0 saturated carbocycles. The maximum absolute atomic E-state index is 12.9. The highest BCUT2D eigenvalue weighted by Gasteiger charge is 2.45. The SMILES string of the molecule is CC(C)(C)OC(=O)N1[C@H](CCCCN2CCN(c3cccc(-c4ccc5c(c4)C(C)(C)CCC5(C)C)n3)CC2)COC1(C)C. The highest BCUT2D eigenvalue weighted by molar-refractivity contribution is 5.69. The fourth-order valence-corrected chi connectivity index (χ4v) is 7.20. The van der Waals surface area contributed by atoms with E-state index < -0.39 is 11.3 Å². The molecule has 0 spiro atoms. The Labute approximate surface area is 266 Å². The van der Waals surface area contributed by atoms with Gasteiger partial charge < -0.3 is 14.4 Å². The summed E-state index contributed by atoms with van der Waals surface area (Å²) in [5.41, 5.74) is 4.51. The number of piperazine rings is 1. The normalized spacial score (nSPS) is 23.0. The number of pyridine rings is 1. The lowest BCUT2D eigenvalue weighted by Gasteiger charge is -2.42. The molecule has 44 heavy (non-hydrogen) atoms. The Bertz CT molecular complexity index is 1320. The van der Waals surface area contributed by atoms with E-state index in [2.05, 4.69) is 73.9 Å². The molecule has 1 atom stereocenters. The first-order valence-electron chi connectivity index (χ1n) is 16.8. The van der Waals surface area contributed by atoms with Gasteiger partial charge in [0, 0.05) is 31.7 Å². The minimum absolute atomic E-state index is 0.0581. The number of aromatic nitrogens is 1. The quantitative estimate of drug-likeness (QED) is 0.301. The smallest absolute Gasteiger partial charge is 0.412 e. The summed E-state index contributed by atoms with van der Waals surface area (Å²) in [4.78, 5) is 24.9. The van der Waals surface area contributed by atoms with Crippen LogP contribution in [0.4, 0.5) is 10.6 Å². The number of benzene rings is 1. The Morgan fingerprint density at radius 1 is 0.932 bits per heavy atom. The van der Waals surface area contributed by atoms with Crippen molar-refractivity contribution < 1.29 is 14.3 Å². The lowest BCUT2D eigenvalue weighted by molar-refractivity contribution is -0.0627. The standard InChI is InChI=1S/C37H56N4O3/c1-34(2,3)44-33(42)41-28(26-43-37(41,8)9)13-10-11-20-39-21-23-40(24-22-39)32-15-12-14-31(38-32)27-16-17-29-30(25-27)36(6,7)19-18-35(29,4)5/h12,14-17,25,28H,10-11,13,18-24,26H2,1-9H3/t28-/m1/s1. The van der Waals surface area contributed by atoms with Crippen LogP contribution in [0.25, 0.3) is 11.3 Å². The molecule has 1 aromatic carbocycles. The van der Waals surface area contributed by atoms with Gasteiger partial charge >= 0.3 is 6.09 Å². The first-order chi connectivity index (χ1) is 20.6. The maximum Gasteiger partial charge on any atom is 0.412 e. The van der Waals surface area contributed by atoms with Crippen molar-refractivity contribution in [2.75, 3.05) is 44.2 Å². The Hall–Kier alpha value is -2.64. The molecule has 3 heterocycles. The molecule has 1 aliphatic carbocycles. The van der Waals surface area contributed by atoms with E-state index in [0.717, 1.165) is 63.5 Å². The highest BCUT2D eigenvalue weighted by Crippen LogP contribution is 2.46. The van der Waals surface area contributed by atoms with Gasteiger partial charge in [0.15, 0.2) is 0 Å². The van der Waals surface area contributed by atoms with E-state index in [1.165, 1.54) is 29.5 Å². The average molecular weight is 605 g/mol. The van der Waals surface area contributed by atoms with Gasteiger partial charge in [-0.2, -0.15) is 0 Å². The van der Waals surface area contributed by atoms with Gasteiger partial charge in [0.25, 0.3) is 0 Å². The molecule has 7 nitrogen and oxygen atoms in total. The zero-order chi connectivity index (χ0) is 31.9. The summed E-state index contributed by atoms with van der Waals surface area (Å²) in [7, 11) is 0. The molecular formula is C37H56N4O3. The number of hydrogen-bond donors (Lipinski definition) is 0. The van der Waals surface area contributed by atoms with Crippen molar-refractivity contribution in [1.29, 1.82) is 0 Å². The summed E-state index contributed by atoms with van der Waals surface area (Å²) in [5.74, 6) is 1.07. The summed E-state index contributed by atoms with van der Waals surface area (Å²) in [5, 5.41) is 0. The number of rotatable bonds is 7. The molecule has 242 valence electrons. The number of amides is 1. The van der Waals surface area contributed by atoms with Crippen LogP contribution in [0.15, 0.2) is 36.4 Å². The number of hydrogen-bond acceptors (Lipinski definition) is 6. The number of carbonyl (C=O) groups excluding carboxylic acids is 1. The van der Waals surface area contributed by atoms with Crippen LogP contribution in [-0.4, -0.2) is 77.6 Å². The zero-order valence-corrected chi connectivity index (χ0v) is 28.8. The van der Waals surface area contributed by atoms with Crippen molar-refractivity contribution in [1.82, 2.24) is 14.8 Å². The van der Waals surface area contributed by atoms with E-state index in [-0.39, 0.29) is 23.0 Å². The lowest BCUT2D eigenvalue weighted by atomic mass is 9.63. The van der Waals surface area contributed by atoms with Gasteiger partial charge in [-0.1, -0.05) is 52.3 Å². The number of fused-ring (bicyclic) bond motifs is 1. The second-order valence-corrected chi connectivity index (χ2v) is 16.0. The summed E-state index contributed by atoms with van der Waals surface area (Å²) < 4.78 is 11.7. The van der Waals surface area contributed by atoms with E-state index >= 15 is 0 Å². The molecule has 0 N–H and O–H groups in total. The monoisotopic (exact) mass is 604 g/mol. The maximum atomic E-state index is 12.9. The topological polar surface area (TPSA) is 58.1 Å². The van der Waals surface area contributed by atoms with Crippen LogP contribution >= 0.6 is 0 Å².